The van der Waals surface area contributed by atoms with Crippen molar-refractivity contribution in [2.24, 2.45) is 0 Å². The number of nitrogen functional groups attached to an aromatic ring is 1. The van der Waals surface area contributed by atoms with Crippen LogP contribution in [0.4, 0.5) is 23.2 Å². The summed E-state index contributed by atoms with van der Waals surface area (Å²) in [4.78, 5) is 41.3. The zero-order valence-electron chi connectivity index (χ0n) is 31.7. The van der Waals surface area contributed by atoms with Gasteiger partial charge in [0.25, 0.3) is 0 Å². The summed E-state index contributed by atoms with van der Waals surface area (Å²) >= 11 is 2.90. The summed E-state index contributed by atoms with van der Waals surface area (Å²) < 4.78 is 59.0. The first-order chi connectivity index (χ1) is 25.8. The van der Waals surface area contributed by atoms with E-state index in [1.807, 2.05) is 6.92 Å². The highest BCUT2D eigenvalue weighted by atomic mass is 79.9. The fourth-order valence-electron chi connectivity index (χ4n) is 4.34. The number of benzene rings is 4. The molecule has 0 saturated carbocycles. The molecule has 0 saturated heterocycles. The second-order valence-electron chi connectivity index (χ2n) is 11.8. The highest BCUT2D eigenvalue weighted by Gasteiger charge is 2.05. The molecule has 0 radical (unpaired) electrons. The first-order valence-corrected chi connectivity index (χ1v) is 17.8. The van der Waals surface area contributed by atoms with Gasteiger partial charge in [-0.25, -0.2) is 17.6 Å². The molecule has 0 fully saturated rings. The number of halogens is 5. The maximum absolute atomic E-state index is 12.7. The molecule has 0 amide bonds. The molecule has 55 heavy (non-hydrogen) atoms. The zero-order valence-corrected chi connectivity index (χ0v) is 33.3. The minimum Gasteiger partial charge on any atom is -0.481 e. The smallest absolute Gasteiger partial charge is 0.316 e. The summed E-state index contributed by atoms with van der Waals surface area (Å²) in [5.74, 6) is -3.18. The third-order valence-electron chi connectivity index (χ3n) is 7.53. The lowest BCUT2D eigenvalue weighted by Crippen LogP contribution is -2.02. The Morgan fingerprint density at radius 1 is 0.545 bits per heavy atom. The van der Waals surface area contributed by atoms with Crippen LogP contribution in [-0.2, 0) is 47.9 Å². The SMILES string of the molecule is COC(=O)CBr.COC(=O)CCc1ccc(F)cc1C.Cc1cc(F)ccc1CCC(=O)O.Cc1cc(F)ccc1CCC(=O)O.Cc1cc(F)ccc1N. The molecule has 9 nitrogen and oxygen atoms in total. The first-order valence-electron chi connectivity index (χ1n) is 16.7. The molecule has 4 aromatic rings. The van der Waals surface area contributed by atoms with E-state index >= 15 is 0 Å². The summed E-state index contributed by atoms with van der Waals surface area (Å²) in [5, 5.41) is 17.2. The Kier molecular flexibility index (Phi) is 24.8. The number of nitrogens with two attached hydrogens (primary N) is 1. The van der Waals surface area contributed by atoms with E-state index in [1.165, 1.54) is 62.8 Å². The number of aliphatic carboxylic acids is 2. The lowest BCUT2D eigenvalue weighted by molar-refractivity contribution is -0.141. The van der Waals surface area contributed by atoms with Crippen molar-refractivity contribution in [3.63, 3.8) is 0 Å². The van der Waals surface area contributed by atoms with E-state index in [9.17, 15) is 36.7 Å². The number of methoxy groups -OCH3 is 2. The van der Waals surface area contributed by atoms with Crippen LogP contribution in [0.25, 0.3) is 0 Å². The van der Waals surface area contributed by atoms with Gasteiger partial charge in [0.05, 0.1) is 14.2 Å². The van der Waals surface area contributed by atoms with Gasteiger partial charge in [-0.05, 0) is 140 Å². The van der Waals surface area contributed by atoms with E-state index in [4.69, 9.17) is 15.9 Å². The summed E-state index contributed by atoms with van der Waals surface area (Å²) in [7, 11) is 2.71. The third kappa shape index (κ3) is 23.2. The van der Waals surface area contributed by atoms with Crippen LogP contribution in [0.15, 0.2) is 72.8 Å². The van der Waals surface area contributed by atoms with Crippen LogP contribution in [0, 0.1) is 51.0 Å². The summed E-state index contributed by atoms with van der Waals surface area (Å²) in [5.41, 5.74) is 12.1. The van der Waals surface area contributed by atoms with Gasteiger partial charge >= 0.3 is 23.9 Å². The average Bonchev–Trinajstić information content (AvgIpc) is 3.12. The van der Waals surface area contributed by atoms with Crippen molar-refractivity contribution in [2.75, 3.05) is 25.3 Å². The molecule has 4 rings (SSSR count). The predicted molar refractivity (Wildman–Crippen MR) is 207 cm³/mol. The number of hydrogen-bond acceptors (Lipinski definition) is 7. The number of aryl methyl sites for hydroxylation is 7. The molecule has 0 unspecified atom stereocenters. The van der Waals surface area contributed by atoms with Crippen LogP contribution in [-0.4, -0.2) is 53.6 Å². The topological polar surface area (TPSA) is 153 Å². The molecule has 14 heteroatoms. The second kappa shape index (κ2) is 27.4. The van der Waals surface area contributed by atoms with Gasteiger partial charge in [-0.15, -0.1) is 0 Å². The minimum atomic E-state index is -0.830. The number of carboxylic acid groups (broad SMARTS) is 2. The van der Waals surface area contributed by atoms with Crippen molar-refractivity contribution in [3.05, 3.63) is 135 Å². The number of hydrogen-bond donors (Lipinski definition) is 3. The van der Waals surface area contributed by atoms with E-state index in [0.717, 1.165) is 38.9 Å². The number of carbonyl (C=O) groups excluding carboxylic acids is 2. The molecule has 0 bridgehead atoms. The standard InChI is InChI=1S/C11H13FO2.2C10H11FO2.C7H8FN.C3H5BrO2/c1-8-7-10(12)5-3-9(8)4-6-11(13)14-2;2*1-7-6-9(11)4-2-8(7)3-5-10(12)13;1-5-4-6(8)2-3-7(5)9;1-6-3(5)2-4/h3,5,7H,4,6H2,1-2H3;2*2,4,6H,3,5H2,1H3,(H,12,13);2-4H,9H2,1H3;2H2,1H3. The largest absolute Gasteiger partial charge is 0.481 e. The van der Waals surface area contributed by atoms with E-state index in [2.05, 4.69) is 25.4 Å². The molecule has 0 aliphatic carbocycles. The third-order valence-corrected chi connectivity index (χ3v) is 7.98. The molecule has 0 aliphatic heterocycles. The summed E-state index contributed by atoms with van der Waals surface area (Å²) in [6, 6.07) is 17.7. The normalized spacial score (nSPS) is 9.65. The van der Waals surface area contributed by atoms with Crippen molar-refractivity contribution in [1.29, 1.82) is 0 Å². The van der Waals surface area contributed by atoms with Crippen molar-refractivity contribution < 1.29 is 56.4 Å². The number of alkyl halides is 1. The Labute approximate surface area is 327 Å². The van der Waals surface area contributed by atoms with Gasteiger partial charge < -0.3 is 25.4 Å². The molecular weight excluding hydrogens is 790 g/mol. The highest BCUT2D eigenvalue weighted by molar-refractivity contribution is 9.09. The lowest BCUT2D eigenvalue weighted by atomic mass is 10.0. The van der Waals surface area contributed by atoms with Crippen molar-refractivity contribution >= 4 is 45.5 Å². The van der Waals surface area contributed by atoms with Crippen LogP contribution in [0.1, 0.15) is 58.2 Å². The molecule has 4 N–H and O–H groups in total. The fraction of sp³-hybridized carbons (Fsp3) is 0.317. The Balaban J connectivity index is 0.000000679. The maximum Gasteiger partial charge on any atom is 0.316 e. The molecule has 300 valence electrons. The predicted octanol–water partition coefficient (Wildman–Crippen LogP) is 8.81. The van der Waals surface area contributed by atoms with Crippen LogP contribution in [0.2, 0.25) is 0 Å². The summed E-state index contributed by atoms with van der Waals surface area (Å²) in [6.07, 6.45) is 2.03. The van der Waals surface area contributed by atoms with Crippen LogP contribution >= 0.6 is 15.9 Å². The molecule has 0 spiro atoms. The molecule has 4 aromatic carbocycles. The maximum atomic E-state index is 12.7. The number of rotatable bonds is 10. The van der Waals surface area contributed by atoms with Gasteiger partial charge in [-0.1, -0.05) is 34.1 Å². The average molecular weight is 839 g/mol. The van der Waals surface area contributed by atoms with Gasteiger partial charge in [0.15, 0.2) is 0 Å². The number of carboxylic acids is 2. The van der Waals surface area contributed by atoms with Crippen molar-refractivity contribution in [3.8, 4) is 0 Å². The quantitative estimate of drug-likeness (QED) is 0.0616. The first kappa shape index (κ1) is 49.8. The highest BCUT2D eigenvalue weighted by Crippen LogP contribution is 2.14. The summed E-state index contributed by atoms with van der Waals surface area (Å²) in [6.45, 7) is 7.16. The Morgan fingerprint density at radius 3 is 1.09 bits per heavy atom. The van der Waals surface area contributed by atoms with E-state index in [-0.39, 0.29) is 53.4 Å². The minimum absolute atomic E-state index is 0.0898. The second-order valence-corrected chi connectivity index (χ2v) is 12.3. The molecule has 0 atom stereocenters. The Hall–Kier alpha value is -5.24. The zero-order chi connectivity index (χ0) is 42.1. The van der Waals surface area contributed by atoms with Gasteiger partial charge in [-0.2, -0.15) is 0 Å². The number of esters is 2. The van der Waals surface area contributed by atoms with Gasteiger partial charge in [0, 0.05) is 24.9 Å². The molecule has 0 aromatic heterocycles. The van der Waals surface area contributed by atoms with Crippen LogP contribution in [0.3, 0.4) is 0 Å². The lowest BCUT2D eigenvalue weighted by Gasteiger charge is -2.04. The molecule has 0 heterocycles. The van der Waals surface area contributed by atoms with Crippen molar-refractivity contribution in [1.82, 2.24) is 0 Å². The van der Waals surface area contributed by atoms with E-state index in [0.29, 0.717) is 31.4 Å². The van der Waals surface area contributed by atoms with Crippen LogP contribution < -0.4 is 5.73 Å². The van der Waals surface area contributed by atoms with E-state index < -0.39 is 11.9 Å². The Morgan fingerprint density at radius 2 is 0.855 bits per heavy atom. The Bertz CT molecular complexity index is 1770. The number of ether oxygens (including phenoxy) is 2. The van der Waals surface area contributed by atoms with E-state index in [1.54, 1.807) is 45.0 Å². The van der Waals surface area contributed by atoms with Gasteiger partial charge in [0.1, 0.15) is 28.6 Å². The fourth-order valence-corrected chi connectivity index (χ4v) is 4.56. The molecule has 0 aliphatic rings. The van der Waals surface area contributed by atoms with Gasteiger partial charge in [0.2, 0.25) is 0 Å². The van der Waals surface area contributed by atoms with Crippen molar-refractivity contribution in [2.45, 2.75) is 66.2 Å². The number of anilines is 1. The monoisotopic (exact) mass is 837 g/mol. The molecular formula is C41H48BrF4NO8. The van der Waals surface area contributed by atoms with Gasteiger partial charge in [-0.3, -0.25) is 19.2 Å². The van der Waals surface area contributed by atoms with Crippen LogP contribution in [0.5, 0.6) is 0 Å². The number of carbonyl (C=O) groups is 4.